The topological polar surface area (TPSA) is 54.9 Å². The molecule has 2 rings (SSSR count). The number of nitrogens with one attached hydrogen (secondary N) is 1. The molecule has 1 heterocycles. The summed E-state index contributed by atoms with van der Waals surface area (Å²) in [6, 6.07) is 4.76. The summed E-state index contributed by atoms with van der Waals surface area (Å²) < 4.78 is 26.6. The molecule has 0 aliphatic rings. The number of hydrogen-bond donors (Lipinski definition) is 1. The van der Waals surface area contributed by atoms with Gasteiger partial charge >= 0.3 is 0 Å². The summed E-state index contributed by atoms with van der Waals surface area (Å²) >= 11 is 0. The number of benzene rings is 1. The van der Waals surface area contributed by atoms with Crippen molar-refractivity contribution in [3.63, 3.8) is 0 Å². The van der Waals surface area contributed by atoms with Crippen molar-refractivity contribution in [2.24, 2.45) is 0 Å². The molecule has 1 aromatic heterocycles. The molecular formula is C12H9F2N3O. The molecule has 0 aliphatic heterocycles. The Morgan fingerprint density at radius 1 is 1.22 bits per heavy atom. The molecule has 1 amide bonds. The van der Waals surface area contributed by atoms with Crippen molar-refractivity contribution in [3.05, 3.63) is 53.6 Å². The van der Waals surface area contributed by atoms with Crippen LogP contribution in [0.1, 0.15) is 16.2 Å². The Kier molecular flexibility index (Phi) is 3.27. The molecule has 0 fully saturated rings. The van der Waals surface area contributed by atoms with Gasteiger partial charge in [0.05, 0.1) is 0 Å². The minimum atomic E-state index is -0.839. The summed E-state index contributed by atoms with van der Waals surface area (Å²) in [5, 5.41) is 2.14. The van der Waals surface area contributed by atoms with Gasteiger partial charge in [-0.05, 0) is 25.1 Å². The van der Waals surface area contributed by atoms with E-state index in [9.17, 15) is 13.6 Å². The van der Waals surface area contributed by atoms with Crippen LogP contribution in [0.3, 0.4) is 0 Å². The summed E-state index contributed by atoms with van der Waals surface area (Å²) in [7, 11) is 0. The first-order valence-electron chi connectivity index (χ1n) is 5.12. The number of amides is 1. The molecule has 0 bridgehead atoms. The van der Waals surface area contributed by atoms with Crippen molar-refractivity contribution >= 4 is 11.6 Å². The molecule has 92 valence electrons. The number of carbonyl (C=O) groups excluding carboxylic acids is 1. The zero-order valence-corrected chi connectivity index (χ0v) is 9.45. The van der Waals surface area contributed by atoms with Gasteiger partial charge in [0.2, 0.25) is 0 Å². The maximum atomic E-state index is 13.3. The Balaban J connectivity index is 2.27. The molecule has 0 saturated carbocycles. The number of aromatic nitrogens is 2. The van der Waals surface area contributed by atoms with Gasteiger partial charge in [0, 0.05) is 5.69 Å². The molecule has 18 heavy (non-hydrogen) atoms. The Morgan fingerprint density at radius 3 is 2.50 bits per heavy atom. The maximum Gasteiger partial charge on any atom is 0.274 e. The summed E-state index contributed by atoms with van der Waals surface area (Å²) in [6.45, 7) is 1.68. The number of halogens is 2. The largest absolute Gasteiger partial charge is 0.316 e. The van der Waals surface area contributed by atoms with Gasteiger partial charge in [-0.2, -0.15) is 0 Å². The fourth-order valence-electron chi connectivity index (χ4n) is 1.37. The van der Waals surface area contributed by atoms with Gasteiger partial charge in [0.1, 0.15) is 29.3 Å². The van der Waals surface area contributed by atoms with E-state index in [1.807, 2.05) is 0 Å². The van der Waals surface area contributed by atoms with E-state index < -0.39 is 23.2 Å². The van der Waals surface area contributed by atoms with E-state index in [0.29, 0.717) is 5.69 Å². The maximum absolute atomic E-state index is 13.3. The normalized spacial score (nSPS) is 10.2. The van der Waals surface area contributed by atoms with Crippen LogP contribution in [0.15, 0.2) is 30.6 Å². The molecule has 0 spiro atoms. The van der Waals surface area contributed by atoms with E-state index in [4.69, 9.17) is 0 Å². The van der Waals surface area contributed by atoms with Crippen molar-refractivity contribution in [2.45, 2.75) is 6.92 Å². The Hall–Kier alpha value is -2.37. The lowest BCUT2D eigenvalue weighted by atomic mass is 10.2. The van der Waals surface area contributed by atoms with Crippen LogP contribution in [0.5, 0.6) is 0 Å². The molecule has 0 unspecified atom stereocenters. The van der Waals surface area contributed by atoms with Crippen LogP contribution < -0.4 is 5.32 Å². The fourth-order valence-corrected chi connectivity index (χ4v) is 1.37. The third kappa shape index (κ3) is 2.48. The molecular weight excluding hydrogens is 240 g/mol. The number of nitrogens with zero attached hydrogens (tertiary/aromatic N) is 2. The van der Waals surface area contributed by atoms with Crippen LogP contribution in [0.4, 0.5) is 14.5 Å². The molecule has 2 aromatic rings. The minimum Gasteiger partial charge on any atom is -0.316 e. The number of rotatable bonds is 2. The second-order valence-electron chi connectivity index (χ2n) is 3.60. The summed E-state index contributed by atoms with van der Waals surface area (Å²) in [5.41, 5.74) is 0.146. The van der Waals surface area contributed by atoms with Gasteiger partial charge in [-0.25, -0.2) is 18.7 Å². The van der Waals surface area contributed by atoms with Crippen LogP contribution in [-0.4, -0.2) is 15.9 Å². The lowest BCUT2D eigenvalue weighted by Crippen LogP contribution is -2.16. The zero-order valence-electron chi connectivity index (χ0n) is 9.45. The first kappa shape index (κ1) is 12.1. The minimum absolute atomic E-state index is 0.0464. The number of aryl methyl sites for hydroxylation is 1. The van der Waals surface area contributed by atoms with Gasteiger partial charge in [-0.1, -0.05) is 6.07 Å². The van der Waals surface area contributed by atoms with E-state index in [1.165, 1.54) is 18.5 Å². The fraction of sp³-hybridized carbons (Fsp3) is 0.0833. The second-order valence-corrected chi connectivity index (χ2v) is 3.60. The predicted molar refractivity (Wildman–Crippen MR) is 61.1 cm³/mol. The third-order valence-electron chi connectivity index (χ3n) is 2.24. The molecule has 1 N–H and O–H groups in total. The van der Waals surface area contributed by atoms with Crippen LogP contribution in [0.2, 0.25) is 0 Å². The summed E-state index contributed by atoms with van der Waals surface area (Å²) in [5.74, 6) is -2.37. The average molecular weight is 249 g/mol. The lowest BCUT2D eigenvalue weighted by molar-refractivity contribution is 0.102. The number of para-hydroxylation sites is 1. The van der Waals surface area contributed by atoms with Gasteiger partial charge in [0.15, 0.2) is 0 Å². The number of carbonyl (C=O) groups is 1. The quantitative estimate of drug-likeness (QED) is 0.888. The number of hydrogen-bond acceptors (Lipinski definition) is 3. The molecule has 0 atom stereocenters. The zero-order chi connectivity index (χ0) is 13.1. The highest BCUT2D eigenvalue weighted by atomic mass is 19.1. The summed E-state index contributed by atoms with van der Waals surface area (Å²) in [6.07, 6.45) is 1.21. The van der Waals surface area contributed by atoms with E-state index in [2.05, 4.69) is 15.3 Å². The first-order valence-corrected chi connectivity index (χ1v) is 5.12. The highest BCUT2D eigenvalue weighted by Crippen LogP contribution is 2.18. The molecule has 0 aliphatic carbocycles. The SMILES string of the molecule is Cc1cc(C(=O)Nc2c(F)cccc2F)ncn1. The summed E-state index contributed by atoms with van der Waals surface area (Å²) in [4.78, 5) is 19.3. The second kappa shape index (κ2) is 4.87. The Labute approximate surface area is 102 Å². The molecule has 6 heteroatoms. The van der Waals surface area contributed by atoms with Crippen LogP contribution in [0, 0.1) is 18.6 Å². The molecule has 0 saturated heterocycles. The highest BCUT2D eigenvalue weighted by Gasteiger charge is 2.14. The third-order valence-corrected chi connectivity index (χ3v) is 2.24. The van der Waals surface area contributed by atoms with Crippen LogP contribution >= 0.6 is 0 Å². The van der Waals surface area contributed by atoms with Crippen molar-refractivity contribution in [1.82, 2.24) is 9.97 Å². The van der Waals surface area contributed by atoms with Crippen molar-refractivity contribution in [1.29, 1.82) is 0 Å². The standard InChI is InChI=1S/C12H9F2N3O/c1-7-5-10(16-6-15-7)12(18)17-11-8(13)3-2-4-9(11)14/h2-6H,1H3,(H,17,18). The Morgan fingerprint density at radius 2 is 1.89 bits per heavy atom. The van der Waals surface area contributed by atoms with Crippen LogP contribution in [0.25, 0.3) is 0 Å². The van der Waals surface area contributed by atoms with E-state index in [1.54, 1.807) is 6.92 Å². The average Bonchev–Trinajstić information content (AvgIpc) is 2.34. The lowest BCUT2D eigenvalue weighted by Gasteiger charge is -2.06. The van der Waals surface area contributed by atoms with Gasteiger partial charge in [0.25, 0.3) is 5.91 Å². The van der Waals surface area contributed by atoms with Crippen molar-refractivity contribution in [3.8, 4) is 0 Å². The van der Waals surface area contributed by atoms with Crippen LogP contribution in [-0.2, 0) is 0 Å². The van der Waals surface area contributed by atoms with E-state index >= 15 is 0 Å². The molecule has 1 aromatic carbocycles. The monoisotopic (exact) mass is 249 g/mol. The van der Waals surface area contributed by atoms with Gasteiger partial charge < -0.3 is 5.32 Å². The molecule has 0 radical (unpaired) electrons. The highest BCUT2D eigenvalue weighted by molar-refractivity contribution is 6.02. The predicted octanol–water partition coefficient (Wildman–Crippen LogP) is 2.32. The molecule has 4 nitrogen and oxygen atoms in total. The first-order chi connectivity index (χ1) is 8.58. The van der Waals surface area contributed by atoms with E-state index in [-0.39, 0.29) is 5.69 Å². The number of anilines is 1. The Bertz CT molecular complexity index is 581. The van der Waals surface area contributed by atoms with Gasteiger partial charge in [-0.3, -0.25) is 4.79 Å². The van der Waals surface area contributed by atoms with Crippen molar-refractivity contribution < 1.29 is 13.6 Å². The smallest absolute Gasteiger partial charge is 0.274 e. The van der Waals surface area contributed by atoms with Crippen molar-refractivity contribution in [2.75, 3.05) is 5.32 Å². The van der Waals surface area contributed by atoms with Gasteiger partial charge in [-0.15, -0.1) is 0 Å². The van der Waals surface area contributed by atoms with E-state index in [0.717, 1.165) is 12.1 Å².